The van der Waals surface area contributed by atoms with Crippen molar-refractivity contribution in [3.8, 4) is 17.2 Å². The molecule has 33 heavy (non-hydrogen) atoms. The normalized spacial score (nSPS) is 12.5. The average molecular weight is 507 g/mol. The van der Waals surface area contributed by atoms with Crippen LogP contribution in [0.25, 0.3) is 0 Å². The summed E-state index contributed by atoms with van der Waals surface area (Å²) in [7, 11) is -0.399. The number of hydrogen-bond acceptors (Lipinski definition) is 6. The first kappa shape index (κ1) is 24.8. The lowest BCUT2D eigenvalue weighted by atomic mass is 10.1. The molecule has 0 bridgehead atoms. The molecule has 3 rings (SSSR count). The summed E-state index contributed by atoms with van der Waals surface area (Å²) >= 11 is 12.7. The van der Waals surface area contributed by atoms with E-state index < -0.39 is 18.2 Å². The van der Waals surface area contributed by atoms with Gasteiger partial charge in [-0.3, -0.25) is 9.59 Å². The molecule has 0 fully saturated rings. The molecule has 0 saturated carbocycles. The molecule has 1 unspecified atom stereocenters. The van der Waals surface area contributed by atoms with Crippen molar-refractivity contribution in [2.24, 2.45) is 0 Å². The minimum atomic E-state index is -4.52. The van der Waals surface area contributed by atoms with Crippen LogP contribution in [0.2, 0.25) is 10.0 Å². The molecule has 0 amide bonds. The molecule has 172 valence electrons. The lowest BCUT2D eigenvalue weighted by molar-refractivity contribution is 0.103. The zero-order valence-electron chi connectivity index (χ0n) is 18.3. The molecule has 0 heterocycles. The highest BCUT2D eigenvalue weighted by molar-refractivity contribution is 8.01. The van der Waals surface area contributed by atoms with Crippen molar-refractivity contribution < 1.29 is 28.4 Å². The zero-order valence-corrected chi connectivity index (χ0v) is 20.8. The van der Waals surface area contributed by atoms with E-state index in [1.54, 1.807) is 31.2 Å². The SMILES string of the molecule is COc1cc(OC)c(C(=O)P(=O)(C(=O)c2c(Cl)ccc(C)c2Cl)c2ccccc2)c(OC)c1. The van der Waals surface area contributed by atoms with E-state index in [0.29, 0.717) is 11.3 Å². The van der Waals surface area contributed by atoms with Gasteiger partial charge in [0, 0.05) is 17.4 Å². The molecule has 0 aliphatic carbocycles. The molecular formula is C24H21Cl2O6P. The minimum absolute atomic E-state index is 0.00628. The van der Waals surface area contributed by atoms with Gasteiger partial charge in [0.2, 0.25) is 18.2 Å². The zero-order chi connectivity index (χ0) is 24.3. The van der Waals surface area contributed by atoms with E-state index in [1.807, 2.05) is 0 Å². The van der Waals surface area contributed by atoms with E-state index >= 15 is 0 Å². The molecule has 0 aliphatic heterocycles. The van der Waals surface area contributed by atoms with Gasteiger partial charge in [-0.1, -0.05) is 59.6 Å². The van der Waals surface area contributed by atoms with Gasteiger partial charge in [0.05, 0.1) is 36.9 Å². The maximum absolute atomic E-state index is 14.6. The molecule has 0 radical (unpaired) electrons. The Labute approximate surface area is 201 Å². The predicted molar refractivity (Wildman–Crippen MR) is 130 cm³/mol. The summed E-state index contributed by atoms with van der Waals surface area (Å²) in [6.45, 7) is 1.68. The highest BCUT2D eigenvalue weighted by Crippen LogP contribution is 2.55. The van der Waals surface area contributed by atoms with Crippen molar-refractivity contribution in [3.63, 3.8) is 0 Å². The number of aryl methyl sites for hydroxylation is 1. The number of rotatable bonds is 8. The van der Waals surface area contributed by atoms with Crippen LogP contribution in [0.5, 0.6) is 17.2 Å². The van der Waals surface area contributed by atoms with E-state index in [9.17, 15) is 14.2 Å². The fourth-order valence-electron chi connectivity index (χ4n) is 3.35. The Bertz CT molecular complexity index is 1250. The van der Waals surface area contributed by atoms with Gasteiger partial charge in [-0.25, -0.2) is 0 Å². The van der Waals surface area contributed by atoms with E-state index in [1.165, 1.54) is 51.7 Å². The Morgan fingerprint density at radius 1 is 0.788 bits per heavy atom. The Morgan fingerprint density at radius 3 is 1.85 bits per heavy atom. The number of carbonyl (C=O) groups excluding carboxylic acids is 2. The number of carbonyl (C=O) groups is 2. The number of ether oxygens (including phenoxy) is 3. The molecule has 0 saturated heterocycles. The minimum Gasteiger partial charge on any atom is -0.496 e. The summed E-state index contributed by atoms with van der Waals surface area (Å²) in [5, 5.41) is 0.0619. The quantitative estimate of drug-likeness (QED) is 0.348. The Kier molecular flexibility index (Phi) is 7.53. The molecule has 0 aliphatic rings. The fourth-order valence-corrected chi connectivity index (χ4v) is 6.35. The molecule has 3 aromatic rings. The van der Waals surface area contributed by atoms with Crippen LogP contribution in [-0.2, 0) is 4.57 Å². The van der Waals surface area contributed by atoms with Gasteiger partial charge < -0.3 is 18.8 Å². The fraction of sp³-hybridized carbons (Fsp3) is 0.167. The highest BCUT2D eigenvalue weighted by atomic mass is 35.5. The molecule has 0 N–H and O–H groups in total. The second-order valence-electron chi connectivity index (χ2n) is 7.02. The first-order valence-electron chi connectivity index (χ1n) is 9.70. The van der Waals surface area contributed by atoms with Crippen LogP contribution < -0.4 is 19.5 Å². The number of hydrogen-bond donors (Lipinski definition) is 0. The summed E-state index contributed by atoms with van der Waals surface area (Å²) in [5.74, 6) is 0.439. The third-order valence-corrected chi connectivity index (χ3v) is 8.54. The molecular weight excluding hydrogens is 486 g/mol. The largest absolute Gasteiger partial charge is 0.496 e. The van der Waals surface area contributed by atoms with Crippen LogP contribution in [0.3, 0.4) is 0 Å². The number of halogens is 2. The van der Waals surface area contributed by atoms with Gasteiger partial charge in [0.15, 0.2) is 0 Å². The third kappa shape index (κ3) is 4.39. The maximum Gasteiger partial charge on any atom is 0.249 e. The molecule has 9 heteroatoms. The summed E-state index contributed by atoms with van der Waals surface area (Å²) in [4.78, 5) is 27.8. The lowest BCUT2D eigenvalue weighted by Gasteiger charge is -2.21. The number of methoxy groups -OCH3 is 3. The van der Waals surface area contributed by atoms with Crippen molar-refractivity contribution in [2.45, 2.75) is 6.92 Å². The molecule has 0 aromatic heterocycles. The third-order valence-electron chi connectivity index (χ3n) is 5.12. The van der Waals surface area contributed by atoms with Crippen LogP contribution in [0, 0.1) is 6.92 Å². The van der Waals surface area contributed by atoms with Crippen molar-refractivity contribution in [1.82, 2.24) is 0 Å². The second kappa shape index (κ2) is 10.0. The molecule has 0 spiro atoms. The Balaban J connectivity index is 2.35. The smallest absolute Gasteiger partial charge is 0.249 e. The van der Waals surface area contributed by atoms with Crippen molar-refractivity contribution in [1.29, 1.82) is 0 Å². The van der Waals surface area contributed by atoms with Gasteiger partial charge in [-0.15, -0.1) is 0 Å². The van der Waals surface area contributed by atoms with Gasteiger partial charge in [0.25, 0.3) is 0 Å². The van der Waals surface area contributed by atoms with Crippen LogP contribution >= 0.6 is 30.3 Å². The lowest BCUT2D eigenvalue weighted by Crippen LogP contribution is -2.22. The van der Waals surface area contributed by atoms with E-state index in [2.05, 4.69) is 0 Å². The van der Waals surface area contributed by atoms with Crippen LogP contribution in [-0.4, -0.2) is 32.4 Å². The van der Waals surface area contributed by atoms with Gasteiger partial charge in [0.1, 0.15) is 22.8 Å². The standard InChI is InChI=1S/C24H21Cl2O6P/c1-14-10-11-17(25)20(22(14)26)23(27)33(29,16-8-6-5-7-9-16)24(28)21-18(31-3)12-15(30-2)13-19(21)32-4/h5-13H,1-4H3. The second-order valence-corrected chi connectivity index (χ2v) is 10.3. The first-order valence-corrected chi connectivity index (χ1v) is 12.2. The average Bonchev–Trinajstić information content (AvgIpc) is 2.84. The van der Waals surface area contributed by atoms with Gasteiger partial charge in [-0.05, 0) is 18.6 Å². The van der Waals surface area contributed by atoms with Crippen molar-refractivity contribution >= 4 is 46.7 Å². The summed E-state index contributed by atoms with van der Waals surface area (Å²) in [5.41, 5.74) is -1.72. The Hall–Kier alpha value is -2.79. The summed E-state index contributed by atoms with van der Waals surface area (Å²) in [6, 6.07) is 13.8. The predicted octanol–water partition coefficient (Wildman–Crippen LogP) is 6.00. The van der Waals surface area contributed by atoms with Crippen LogP contribution in [0.15, 0.2) is 54.6 Å². The Morgan fingerprint density at radius 2 is 1.33 bits per heavy atom. The van der Waals surface area contributed by atoms with Crippen molar-refractivity contribution in [2.75, 3.05) is 21.3 Å². The first-order chi connectivity index (χ1) is 15.7. The monoisotopic (exact) mass is 506 g/mol. The van der Waals surface area contributed by atoms with Gasteiger partial charge >= 0.3 is 0 Å². The number of benzene rings is 3. The van der Waals surface area contributed by atoms with Gasteiger partial charge in [-0.2, -0.15) is 0 Å². The maximum atomic E-state index is 14.6. The van der Waals surface area contributed by atoms with E-state index in [0.717, 1.165) is 0 Å². The van der Waals surface area contributed by atoms with Crippen LogP contribution in [0.4, 0.5) is 0 Å². The molecule has 3 aromatic carbocycles. The van der Waals surface area contributed by atoms with E-state index in [-0.39, 0.29) is 38.0 Å². The summed E-state index contributed by atoms with van der Waals surface area (Å²) in [6.07, 6.45) is 0. The van der Waals surface area contributed by atoms with E-state index in [4.69, 9.17) is 37.4 Å². The molecule has 1 atom stereocenters. The summed E-state index contributed by atoms with van der Waals surface area (Å²) < 4.78 is 30.5. The van der Waals surface area contributed by atoms with Crippen LogP contribution in [0.1, 0.15) is 26.3 Å². The van der Waals surface area contributed by atoms with Crippen molar-refractivity contribution in [3.05, 3.63) is 81.3 Å². The highest BCUT2D eigenvalue weighted by Gasteiger charge is 2.46. The topological polar surface area (TPSA) is 78.9 Å². The molecule has 6 nitrogen and oxygen atoms in total.